The summed E-state index contributed by atoms with van der Waals surface area (Å²) in [6.07, 6.45) is 1.93. The minimum atomic E-state index is -1.19. The van der Waals surface area contributed by atoms with E-state index in [1.54, 1.807) is 6.20 Å². The van der Waals surface area contributed by atoms with Crippen LogP contribution in [0.1, 0.15) is 26.3 Å². The van der Waals surface area contributed by atoms with Gasteiger partial charge in [-0.05, 0) is 32.4 Å². The Kier molecular flexibility index (Phi) is 7.54. The molecule has 0 spiro atoms. The Balaban J connectivity index is 2.15. The molecule has 0 saturated carbocycles. The number of benzene rings is 1. The molecule has 0 fully saturated rings. The third-order valence-corrected chi connectivity index (χ3v) is 4.63. The van der Waals surface area contributed by atoms with Gasteiger partial charge in [-0.25, -0.2) is 0 Å². The van der Waals surface area contributed by atoms with Gasteiger partial charge in [0, 0.05) is 23.5 Å². The van der Waals surface area contributed by atoms with E-state index in [9.17, 15) is 19.2 Å². The number of aromatic nitrogens is 1. The van der Waals surface area contributed by atoms with Crippen LogP contribution < -0.4 is 21.7 Å². The van der Waals surface area contributed by atoms with Crippen LogP contribution in [0.15, 0.2) is 30.5 Å². The third-order valence-electron chi connectivity index (χ3n) is 4.63. The van der Waals surface area contributed by atoms with Gasteiger partial charge >= 0.3 is 5.97 Å². The monoisotopic (exact) mass is 417 g/mol. The Morgan fingerprint density at radius 3 is 2.23 bits per heavy atom. The van der Waals surface area contributed by atoms with Crippen LogP contribution in [-0.4, -0.2) is 57.9 Å². The second-order valence-electron chi connectivity index (χ2n) is 7.21. The van der Waals surface area contributed by atoms with Gasteiger partial charge < -0.3 is 31.8 Å². The highest BCUT2D eigenvalue weighted by Gasteiger charge is 2.27. The number of carboxylic acid groups (broad SMARTS) is 1. The largest absolute Gasteiger partial charge is 0.480 e. The zero-order valence-corrected chi connectivity index (χ0v) is 17.1. The summed E-state index contributed by atoms with van der Waals surface area (Å²) < 4.78 is 0. The van der Waals surface area contributed by atoms with Crippen LogP contribution in [0.2, 0.25) is 0 Å². The zero-order chi connectivity index (χ0) is 22.4. The lowest BCUT2D eigenvalue weighted by molar-refractivity contribution is -0.141. The van der Waals surface area contributed by atoms with Gasteiger partial charge in [0.1, 0.15) is 18.1 Å². The number of nitrogens with two attached hydrogens (primary N) is 1. The molecule has 30 heavy (non-hydrogen) atoms. The van der Waals surface area contributed by atoms with Gasteiger partial charge in [0.05, 0.1) is 6.04 Å². The lowest BCUT2D eigenvalue weighted by Crippen LogP contribution is -2.56. The summed E-state index contributed by atoms with van der Waals surface area (Å²) >= 11 is 0. The molecule has 1 aromatic heterocycles. The Morgan fingerprint density at radius 2 is 1.60 bits per heavy atom. The van der Waals surface area contributed by atoms with E-state index >= 15 is 0 Å². The van der Waals surface area contributed by atoms with Crippen molar-refractivity contribution in [2.75, 3.05) is 0 Å². The summed E-state index contributed by atoms with van der Waals surface area (Å²) in [6, 6.07) is 3.63. The van der Waals surface area contributed by atoms with E-state index < -0.39 is 47.9 Å². The lowest BCUT2D eigenvalue weighted by Gasteiger charge is -2.22. The normalized spacial score (nSPS) is 14.9. The summed E-state index contributed by atoms with van der Waals surface area (Å²) in [7, 11) is 0. The van der Waals surface area contributed by atoms with Gasteiger partial charge in [-0.3, -0.25) is 19.2 Å². The number of hydrogen-bond acceptors (Lipinski definition) is 5. The van der Waals surface area contributed by atoms with Crippen molar-refractivity contribution in [3.8, 4) is 0 Å². The Hall–Kier alpha value is -3.40. The second-order valence-corrected chi connectivity index (χ2v) is 7.21. The summed E-state index contributed by atoms with van der Waals surface area (Å²) in [5.74, 6) is -2.93. The second kappa shape index (κ2) is 9.88. The molecule has 0 saturated heterocycles. The van der Waals surface area contributed by atoms with Gasteiger partial charge in [-0.1, -0.05) is 18.2 Å². The Bertz CT molecular complexity index is 939. The third kappa shape index (κ3) is 5.80. The van der Waals surface area contributed by atoms with Crippen LogP contribution in [0.25, 0.3) is 10.9 Å². The number of carboxylic acids is 1. The number of carbonyl (C=O) groups excluding carboxylic acids is 3. The van der Waals surface area contributed by atoms with E-state index in [-0.39, 0.29) is 6.42 Å². The highest BCUT2D eigenvalue weighted by molar-refractivity contribution is 5.94. The summed E-state index contributed by atoms with van der Waals surface area (Å²) in [4.78, 5) is 51.1. The van der Waals surface area contributed by atoms with E-state index in [0.29, 0.717) is 0 Å². The van der Waals surface area contributed by atoms with Crippen LogP contribution in [0, 0.1) is 0 Å². The number of H-pyrrole nitrogens is 1. The van der Waals surface area contributed by atoms with E-state index in [2.05, 4.69) is 20.9 Å². The first kappa shape index (κ1) is 22.9. The van der Waals surface area contributed by atoms with Gasteiger partial charge in [0.15, 0.2) is 0 Å². The maximum absolute atomic E-state index is 12.8. The number of rotatable bonds is 9. The van der Waals surface area contributed by atoms with Crippen LogP contribution in [0.3, 0.4) is 0 Å². The molecule has 0 radical (unpaired) electrons. The Labute approximate surface area is 173 Å². The maximum atomic E-state index is 12.8. The topological polar surface area (TPSA) is 166 Å². The van der Waals surface area contributed by atoms with Gasteiger partial charge in [0.25, 0.3) is 0 Å². The van der Waals surface area contributed by atoms with Crippen LogP contribution in [0.5, 0.6) is 0 Å². The number of para-hydroxylation sites is 1. The molecule has 0 aliphatic heterocycles. The minimum absolute atomic E-state index is 0.175. The summed E-state index contributed by atoms with van der Waals surface area (Å²) in [5, 5.41) is 17.2. The number of nitrogens with one attached hydrogen (secondary N) is 4. The number of hydrogen-bond donors (Lipinski definition) is 6. The van der Waals surface area contributed by atoms with Crippen molar-refractivity contribution in [2.45, 2.75) is 51.4 Å². The van der Waals surface area contributed by atoms with E-state index in [1.807, 2.05) is 24.3 Å². The van der Waals surface area contributed by atoms with Crippen molar-refractivity contribution >= 4 is 34.6 Å². The molecule has 4 unspecified atom stereocenters. The first-order valence-corrected chi connectivity index (χ1v) is 9.54. The standard InChI is InChI=1S/C20H27N5O5/c1-10(21)17(26)25-16(8-13-9-22-15-7-5-4-6-14(13)15)19(28)23-11(2)18(27)24-12(3)20(29)30/h4-7,9-12,16,22H,8,21H2,1-3H3,(H,23,28)(H,24,27)(H,25,26)(H,29,30). The smallest absolute Gasteiger partial charge is 0.325 e. The number of aliphatic carboxylic acids is 1. The highest BCUT2D eigenvalue weighted by atomic mass is 16.4. The van der Waals surface area contributed by atoms with Crippen molar-refractivity contribution in [3.63, 3.8) is 0 Å². The SMILES string of the molecule is CC(N)C(=O)NC(Cc1c[nH]c2ccccc12)C(=O)NC(C)C(=O)NC(C)C(=O)O. The van der Waals surface area contributed by atoms with Crippen molar-refractivity contribution in [1.29, 1.82) is 0 Å². The average molecular weight is 417 g/mol. The highest BCUT2D eigenvalue weighted by Crippen LogP contribution is 2.19. The molecule has 1 aromatic carbocycles. The fraction of sp³-hybridized carbons (Fsp3) is 0.400. The molecule has 4 atom stereocenters. The molecule has 3 amide bonds. The van der Waals surface area contributed by atoms with Crippen molar-refractivity contribution in [1.82, 2.24) is 20.9 Å². The first-order valence-electron chi connectivity index (χ1n) is 9.54. The predicted octanol–water partition coefficient (Wildman–Crippen LogP) is -0.364. The van der Waals surface area contributed by atoms with Crippen molar-refractivity contribution < 1.29 is 24.3 Å². The van der Waals surface area contributed by atoms with E-state index in [4.69, 9.17) is 10.8 Å². The molecular weight excluding hydrogens is 390 g/mol. The average Bonchev–Trinajstić information content (AvgIpc) is 3.09. The molecule has 162 valence electrons. The molecule has 1 heterocycles. The fourth-order valence-corrected chi connectivity index (χ4v) is 2.81. The van der Waals surface area contributed by atoms with E-state index in [0.717, 1.165) is 16.5 Å². The predicted molar refractivity (Wildman–Crippen MR) is 110 cm³/mol. The fourth-order valence-electron chi connectivity index (χ4n) is 2.81. The molecule has 0 bridgehead atoms. The van der Waals surface area contributed by atoms with Gasteiger partial charge in [-0.15, -0.1) is 0 Å². The zero-order valence-electron chi connectivity index (χ0n) is 17.1. The summed E-state index contributed by atoms with van der Waals surface area (Å²) in [5.41, 5.74) is 7.31. The first-order chi connectivity index (χ1) is 14.1. The molecule has 2 aromatic rings. The molecular formula is C20H27N5O5. The summed E-state index contributed by atoms with van der Waals surface area (Å²) in [6.45, 7) is 4.24. The van der Waals surface area contributed by atoms with Gasteiger partial charge in [-0.2, -0.15) is 0 Å². The number of carbonyl (C=O) groups is 4. The van der Waals surface area contributed by atoms with Crippen LogP contribution in [0.4, 0.5) is 0 Å². The van der Waals surface area contributed by atoms with Crippen molar-refractivity contribution in [3.05, 3.63) is 36.0 Å². The van der Waals surface area contributed by atoms with Gasteiger partial charge in [0.2, 0.25) is 17.7 Å². The molecule has 0 aliphatic carbocycles. The quantitative estimate of drug-likeness (QED) is 0.326. The minimum Gasteiger partial charge on any atom is -0.480 e. The number of fused-ring (bicyclic) bond motifs is 1. The maximum Gasteiger partial charge on any atom is 0.325 e. The number of aromatic amines is 1. The molecule has 10 heteroatoms. The molecule has 2 rings (SSSR count). The van der Waals surface area contributed by atoms with Crippen molar-refractivity contribution in [2.24, 2.45) is 5.73 Å². The molecule has 0 aliphatic rings. The van der Waals surface area contributed by atoms with Crippen LogP contribution in [-0.2, 0) is 25.6 Å². The van der Waals surface area contributed by atoms with E-state index in [1.165, 1.54) is 20.8 Å². The molecule has 7 N–H and O–H groups in total. The molecule has 10 nitrogen and oxygen atoms in total. The number of amides is 3. The lowest BCUT2D eigenvalue weighted by atomic mass is 10.0. The van der Waals surface area contributed by atoms with Crippen LogP contribution >= 0.6 is 0 Å². The Morgan fingerprint density at radius 1 is 0.967 bits per heavy atom.